The highest BCUT2D eigenvalue weighted by molar-refractivity contribution is 5.45. The van der Waals surface area contributed by atoms with Gasteiger partial charge in [-0.25, -0.2) is 0 Å². The fourth-order valence-corrected chi connectivity index (χ4v) is 2.67. The van der Waals surface area contributed by atoms with E-state index in [1.165, 1.54) is 19.3 Å². The molecule has 4 heteroatoms. The average Bonchev–Trinajstić information content (AvgIpc) is 2.34. The first-order chi connectivity index (χ1) is 9.09. The number of rotatable bonds is 6. The Morgan fingerprint density at radius 3 is 2.63 bits per heavy atom. The van der Waals surface area contributed by atoms with Gasteiger partial charge in [0, 0.05) is 24.2 Å². The smallest absolute Gasteiger partial charge is 0.162 e. The van der Waals surface area contributed by atoms with Gasteiger partial charge in [0.25, 0.3) is 0 Å². The predicted molar refractivity (Wildman–Crippen MR) is 76.6 cm³/mol. The SMILES string of the molecule is COc1cccc(CNCC2(N(C)C)CCC2)c1O. The molecule has 106 valence electrons. The molecule has 4 nitrogen and oxygen atoms in total. The van der Waals surface area contributed by atoms with Crippen molar-refractivity contribution in [2.45, 2.75) is 31.3 Å². The zero-order valence-corrected chi connectivity index (χ0v) is 12.1. The Balaban J connectivity index is 1.92. The second-order valence-electron chi connectivity index (χ2n) is 5.54. The van der Waals surface area contributed by atoms with E-state index in [0.29, 0.717) is 17.8 Å². The molecule has 0 heterocycles. The molecule has 1 aliphatic carbocycles. The summed E-state index contributed by atoms with van der Waals surface area (Å²) in [6.45, 7) is 1.62. The maximum absolute atomic E-state index is 10.0. The quantitative estimate of drug-likeness (QED) is 0.824. The second-order valence-corrected chi connectivity index (χ2v) is 5.54. The molecule has 0 aliphatic heterocycles. The Morgan fingerprint density at radius 2 is 2.11 bits per heavy atom. The Kier molecular flexibility index (Phi) is 4.32. The number of ether oxygens (including phenoxy) is 1. The molecule has 19 heavy (non-hydrogen) atoms. The first kappa shape index (κ1) is 14.2. The Bertz CT molecular complexity index is 428. The minimum atomic E-state index is 0.241. The zero-order chi connectivity index (χ0) is 13.9. The van der Waals surface area contributed by atoms with Gasteiger partial charge in [-0.15, -0.1) is 0 Å². The van der Waals surface area contributed by atoms with E-state index in [1.807, 2.05) is 12.1 Å². The molecule has 1 saturated carbocycles. The van der Waals surface area contributed by atoms with E-state index in [9.17, 15) is 5.11 Å². The monoisotopic (exact) mass is 264 g/mol. The summed E-state index contributed by atoms with van der Waals surface area (Å²) in [6.07, 6.45) is 3.80. The van der Waals surface area contributed by atoms with Crippen LogP contribution in [0.5, 0.6) is 11.5 Å². The van der Waals surface area contributed by atoms with Gasteiger partial charge in [0.1, 0.15) is 0 Å². The van der Waals surface area contributed by atoms with E-state index in [2.05, 4.69) is 24.3 Å². The molecule has 0 radical (unpaired) electrons. The first-order valence-corrected chi connectivity index (χ1v) is 6.82. The van der Waals surface area contributed by atoms with Crippen LogP contribution in [0.25, 0.3) is 0 Å². The highest BCUT2D eigenvalue weighted by Gasteiger charge is 2.38. The lowest BCUT2D eigenvalue weighted by Gasteiger charge is -2.47. The van der Waals surface area contributed by atoms with Crippen molar-refractivity contribution in [2.75, 3.05) is 27.7 Å². The lowest BCUT2D eigenvalue weighted by molar-refractivity contribution is 0.0597. The molecular formula is C15H24N2O2. The Labute approximate surface area is 115 Å². The average molecular weight is 264 g/mol. The second kappa shape index (κ2) is 5.80. The number of likely N-dealkylation sites (N-methyl/N-ethyl adjacent to an activating group) is 1. The van der Waals surface area contributed by atoms with E-state index < -0.39 is 0 Å². The predicted octanol–water partition coefficient (Wildman–Crippen LogP) is 1.97. The summed E-state index contributed by atoms with van der Waals surface area (Å²) in [6, 6.07) is 5.60. The Hall–Kier alpha value is -1.26. The van der Waals surface area contributed by atoms with E-state index in [0.717, 1.165) is 12.1 Å². The highest BCUT2D eigenvalue weighted by Crippen LogP contribution is 2.35. The fraction of sp³-hybridized carbons (Fsp3) is 0.600. The van der Waals surface area contributed by atoms with Crippen molar-refractivity contribution in [3.63, 3.8) is 0 Å². The molecular weight excluding hydrogens is 240 g/mol. The van der Waals surface area contributed by atoms with Gasteiger partial charge in [-0.3, -0.25) is 0 Å². The summed E-state index contributed by atoms with van der Waals surface area (Å²) in [5.41, 5.74) is 1.18. The van der Waals surface area contributed by atoms with Gasteiger partial charge in [-0.2, -0.15) is 0 Å². The minimum absolute atomic E-state index is 0.241. The van der Waals surface area contributed by atoms with Crippen molar-refractivity contribution in [2.24, 2.45) is 0 Å². The third-order valence-electron chi connectivity index (χ3n) is 4.30. The van der Waals surface area contributed by atoms with Gasteiger partial charge >= 0.3 is 0 Å². The van der Waals surface area contributed by atoms with Gasteiger partial charge < -0.3 is 20.1 Å². The number of phenols is 1. The van der Waals surface area contributed by atoms with Crippen molar-refractivity contribution >= 4 is 0 Å². The molecule has 0 spiro atoms. The van der Waals surface area contributed by atoms with E-state index in [4.69, 9.17) is 4.74 Å². The number of hydrogen-bond acceptors (Lipinski definition) is 4. The van der Waals surface area contributed by atoms with Crippen molar-refractivity contribution in [1.82, 2.24) is 10.2 Å². The maximum atomic E-state index is 10.0. The van der Waals surface area contributed by atoms with Crippen LogP contribution in [0.2, 0.25) is 0 Å². The van der Waals surface area contributed by atoms with Gasteiger partial charge in [-0.05, 0) is 39.4 Å². The molecule has 1 aromatic carbocycles. The van der Waals surface area contributed by atoms with Crippen LogP contribution in [0.15, 0.2) is 18.2 Å². The maximum Gasteiger partial charge on any atom is 0.162 e. The van der Waals surface area contributed by atoms with Gasteiger partial charge in [0.2, 0.25) is 0 Å². The van der Waals surface area contributed by atoms with Gasteiger partial charge in [-0.1, -0.05) is 12.1 Å². The number of aromatic hydroxyl groups is 1. The van der Waals surface area contributed by atoms with E-state index >= 15 is 0 Å². The standard InChI is InChI=1S/C15H24N2O2/c1-17(2)15(8-5-9-15)11-16-10-12-6-4-7-13(19-3)14(12)18/h4,6-7,16,18H,5,8-11H2,1-3H3. The topological polar surface area (TPSA) is 44.7 Å². The number of methoxy groups -OCH3 is 1. The van der Waals surface area contributed by atoms with Gasteiger partial charge in [0.05, 0.1) is 7.11 Å². The number of hydrogen-bond donors (Lipinski definition) is 2. The lowest BCUT2D eigenvalue weighted by atomic mass is 9.75. The third-order valence-corrected chi connectivity index (χ3v) is 4.30. The molecule has 2 N–H and O–H groups in total. The van der Waals surface area contributed by atoms with Crippen LogP contribution in [-0.2, 0) is 6.54 Å². The highest BCUT2D eigenvalue weighted by atomic mass is 16.5. The van der Waals surface area contributed by atoms with Crippen molar-refractivity contribution in [3.8, 4) is 11.5 Å². The Morgan fingerprint density at radius 1 is 1.37 bits per heavy atom. The lowest BCUT2D eigenvalue weighted by Crippen LogP contribution is -2.56. The van der Waals surface area contributed by atoms with Crippen LogP contribution < -0.4 is 10.1 Å². The largest absolute Gasteiger partial charge is 0.504 e. The molecule has 0 unspecified atom stereocenters. The minimum Gasteiger partial charge on any atom is -0.504 e. The van der Waals surface area contributed by atoms with Crippen LogP contribution >= 0.6 is 0 Å². The summed E-state index contributed by atoms with van der Waals surface area (Å²) in [4.78, 5) is 2.31. The van der Waals surface area contributed by atoms with Crippen LogP contribution in [0.1, 0.15) is 24.8 Å². The number of para-hydroxylation sites is 1. The summed E-state index contributed by atoms with van der Waals surface area (Å²) in [7, 11) is 5.86. The van der Waals surface area contributed by atoms with Gasteiger partial charge in [0.15, 0.2) is 11.5 Å². The normalized spacial score (nSPS) is 17.3. The molecule has 0 bridgehead atoms. The molecule has 0 amide bonds. The molecule has 1 fully saturated rings. The van der Waals surface area contributed by atoms with Crippen LogP contribution in [0.3, 0.4) is 0 Å². The summed E-state index contributed by atoms with van der Waals surface area (Å²) < 4.78 is 5.12. The summed E-state index contributed by atoms with van der Waals surface area (Å²) in [5, 5.41) is 13.5. The number of nitrogens with zero attached hydrogens (tertiary/aromatic N) is 1. The number of benzene rings is 1. The first-order valence-electron chi connectivity index (χ1n) is 6.82. The summed E-state index contributed by atoms with van der Waals surface area (Å²) >= 11 is 0. The molecule has 2 rings (SSSR count). The van der Waals surface area contributed by atoms with Crippen LogP contribution in [0.4, 0.5) is 0 Å². The van der Waals surface area contributed by atoms with E-state index in [-0.39, 0.29) is 5.75 Å². The number of phenolic OH excluding ortho intramolecular Hbond substituents is 1. The van der Waals surface area contributed by atoms with Crippen LogP contribution in [-0.4, -0.2) is 43.3 Å². The molecule has 1 aromatic rings. The molecule has 0 atom stereocenters. The van der Waals surface area contributed by atoms with Crippen molar-refractivity contribution in [1.29, 1.82) is 0 Å². The molecule has 0 aromatic heterocycles. The number of nitrogens with one attached hydrogen (secondary N) is 1. The van der Waals surface area contributed by atoms with Crippen LogP contribution in [0, 0.1) is 0 Å². The molecule has 1 aliphatic rings. The van der Waals surface area contributed by atoms with E-state index in [1.54, 1.807) is 13.2 Å². The van der Waals surface area contributed by atoms with Crippen molar-refractivity contribution < 1.29 is 9.84 Å². The van der Waals surface area contributed by atoms with Crippen molar-refractivity contribution in [3.05, 3.63) is 23.8 Å². The zero-order valence-electron chi connectivity index (χ0n) is 12.1. The fourth-order valence-electron chi connectivity index (χ4n) is 2.67. The third kappa shape index (κ3) is 2.85. The summed E-state index contributed by atoms with van der Waals surface area (Å²) in [5.74, 6) is 0.773. The molecule has 0 saturated heterocycles.